The highest BCUT2D eigenvalue weighted by atomic mass is 35.5. The summed E-state index contributed by atoms with van der Waals surface area (Å²) in [5, 5.41) is 2.78. The molecule has 2 aromatic rings. The SMILES string of the molecule is C=CC(=O)N1CCO[C@H](c2cc(Cl)nc(-c3cc(C(=O)NC)ncn3)c2)C1. The Morgan fingerprint density at radius 1 is 1.33 bits per heavy atom. The van der Waals surface area contributed by atoms with E-state index in [0.717, 1.165) is 5.56 Å². The molecule has 1 atom stereocenters. The van der Waals surface area contributed by atoms with E-state index >= 15 is 0 Å². The van der Waals surface area contributed by atoms with Gasteiger partial charge in [0.1, 0.15) is 23.3 Å². The lowest BCUT2D eigenvalue weighted by Gasteiger charge is -2.32. The van der Waals surface area contributed by atoms with E-state index in [0.29, 0.717) is 31.1 Å². The van der Waals surface area contributed by atoms with Gasteiger partial charge in [-0.15, -0.1) is 0 Å². The highest BCUT2D eigenvalue weighted by Gasteiger charge is 2.25. The van der Waals surface area contributed by atoms with Crippen molar-refractivity contribution in [2.75, 3.05) is 26.7 Å². The van der Waals surface area contributed by atoms with E-state index in [9.17, 15) is 9.59 Å². The van der Waals surface area contributed by atoms with Crippen LogP contribution in [-0.2, 0) is 9.53 Å². The molecule has 2 aromatic heterocycles. The number of ether oxygens (including phenoxy) is 1. The second-order valence-electron chi connectivity index (χ2n) is 5.82. The molecule has 0 aliphatic carbocycles. The van der Waals surface area contributed by atoms with Crippen LogP contribution in [0.1, 0.15) is 22.2 Å². The summed E-state index contributed by atoms with van der Waals surface area (Å²) in [6.07, 6.45) is 2.24. The molecule has 9 heteroatoms. The lowest BCUT2D eigenvalue weighted by molar-refractivity contribution is -0.133. The molecule has 0 saturated carbocycles. The summed E-state index contributed by atoms with van der Waals surface area (Å²) in [5.41, 5.74) is 1.94. The average Bonchev–Trinajstić information content (AvgIpc) is 2.72. The van der Waals surface area contributed by atoms with Gasteiger partial charge < -0.3 is 15.0 Å². The van der Waals surface area contributed by atoms with Gasteiger partial charge >= 0.3 is 0 Å². The van der Waals surface area contributed by atoms with Gasteiger partial charge in [-0.25, -0.2) is 15.0 Å². The Balaban J connectivity index is 1.92. The molecule has 0 unspecified atom stereocenters. The monoisotopic (exact) mass is 387 g/mol. The average molecular weight is 388 g/mol. The normalized spacial score (nSPS) is 16.7. The highest BCUT2D eigenvalue weighted by molar-refractivity contribution is 6.29. The predicted octanol–water partition coefficient (Wildman–Crippen LogP) is 1.64. The maximum absolute atomic E-state index is 11.9. The molecule has 1 aliphatic rings. The lowest BCUT2D eigenvalue weighted by Crippen LogP contribution is -2.41. The van der Waals surface area contributed by atoms with Crippen LogP contribution in [-0.4, -0.2) is 58.4 Å². The van der Waals surface area contributed by atoms with E-state index in [2.05, 4.69) is 26.8 Å². The van der Waals surface area contributed by atoms with Crippen LogP contribution < -0.4 is 5.32 Å². The Bertz CT molecular complexity index is 889. The molecule has 1 saturated heterocycles. The number of amides is 2. The van der Waals surface area contributed by atoms with Gasteiger partial charge in [-0.1, -0.05) is 18.2 Å². The number of aromatic nitrogens is 3. The maximum Gasteiger partial charge on any atom is 0.269 e. The lowest BCUT2D eigenvalue weighted by atomic mass is 10.1. The fourth-order valence-electron chi connectivity index (χ4n) is 2.76. The third-order valence-corrected chi connectivity index (χ3v) is 4.32. The number of hydrogen-bond donors (Lipinski definition) is 1. The van der Waals surface area contributed by atoms with Crippen molar-refractivity contribution in [1.82, 2.24) is 25.2 Å². The molecule has 3 rings (SSSR count). The quantitative estimate of drug-likeness (QED) is 0.632. The molecule has 0 bridgehead atoms. The first-order chi connectivity index (χ1) is 13.0. The summed E-state index contributed by atoms with van der Waals surface area (Å²) in [6.45, 7) is 4.83. The number of hydrogen-bond acceptors (Lipinski definition) is 6. The van der Waals surface area contributed by atoms with Crippen LogP contribution in [0.5, 0.6) is 0 Å². The second kappa shape index (κ2) is 8.24. The summed E-state index contributed by atoms with van der Waals surface area (Å²) >= 11 is 6.19. The molecule has 1 N–H and O–H groups in total. The molecule has 2 amide bonds. The first-order valence-electron chi connectivity index (χ1n) is 8.26. The van der Waals surface area contributed by atoms with Crippen LogP contribution in [0, 0.1) is 0 Å². The summed E-state index contributed by atoms with van der Waals surface area (Å²) in [7, 11) is 1.52. The van der Waals surface area contributed by atoms with Gasteiger partial charge in [-0.2, -0.15) is 0 Å². The fourth-order valence-corrected chi connectivity index (χ4v) is 2.98. The molecular weight excluding hydrogens is 370 g/mol. The number of nitrogens with zero attached hydrogens (tertiary/aromatic N) is 4. The molecule has 1 aliphatic heterocycles. The topological polar surface area (TPSA) is 97.3 Å². The Hall–Kier alpha value is -2.84. The van der Waals surface area contributed by atoms with Crippen LogP contribution in [0.3, 0.4) is 0 Å². The van der Waals surface area contributed by atoms with Crippen molar-refractivity contribution in [3.05, 3.63) is 53.6 Å². The summed E-state index contributed by atoms with van der Waals surface area (Å²) in [6, 6.07) is 5.02. The molecule has 0 aromatic carbocycles. The minimum absolute atomic E-state index is 0.144. The molecular formula is C18H18ClN5O3. The third kappa shape index (κ3) is 4.29. The van der Waals surface area contributed by atoms with E-state index in [1.165, 1.54) is 25.5 Å². The number of carbonyl (C=O) groups is 2. The van der Waals surface area contributed by atoms with Gasteiger partial charge in [0.25, 0.3) is 5.91 Å². The van der Waals surface area contributed by atoms with E-state index < -0.39 is 0 Å². The van der Waals surface area contributed by atoms with Crippen molar-refractivity contribution in [2.24, 2.45) is 0 Å². The largest absolute Gasteiger partial charge is 0.370 e. The minimum Gasteiger partial charge on any atom is -0.370 e. The Morgan fingerprint density at radius 3 is 2.89 bits per heavy atom. The van der Waals surface area contributed by atoms with Crippen molar-refractivity contribution in [1.29, 1.82) is 0 Å². The van der Waals surface area contributed by atoms with Crippen LogP contribution in [0.25, 0.3) is 11.4 Å². The first-order valence-corrected chi connectivity index (χ1v) is 8.64. The van der Waals surface area contributed by atoms with Gasteiger partial charge in [0.05, 0.1) is 24.5 Å². The van der Waals surface area contributed by atoms with Gasteiger partial charge in [0.15, 0.2) is 0 Å². The van der Waals surface area contributed by atoms with Crippen LogP contribution in [0.2, 0.25) is 5.15 Å². The van der Waals surface area contributed by atoms with Crippen LogP contribution >= 0.6 is 11.6 Å². The van der Waals surface area contributed by atoms with Gasteiger partial charge in [-0.3, -0.25) is 9.59 Å². The third-order valence-electron chi connectivity index (χ3n) is 4.13. The molecule has 3 heterocycles. The van der Waals surface area contributed by atoms with Gasteiger partial charge in [0, 0.05) is 13.6 Å². The molecule has 140 valence electrons. The number of halogens is 1. The van der Waals surface area contributed by atoms with Crippen LogP contribution in [0.4, 0.5) is 0 Å². The van der Waals surface area contributed by atoms with Crippen molar-refractivity contribution in [2.45, 2.75) is 6.10 Å². The predicted molar refractivity (Wildman–Crippen MR) is 99.1 cm³/mol. The summed E-state index contributed by atoms with van der Waals surface area (Å²) < 4.78 is 5.80. The Labute approximate surface area is 161 Å². The zero-order valence-electron chi connectivity index (χ0n) is 14.7. The van der Waals surface area contributed by atoms with Crippen molar-refractivity contribution >= 4 is 23.4 Å². The van der Waals surface area contributed by atoms with E-state index in [1.807, 2.05) is 0 Å². The van der Waals surface area contributed by atoms with E-state index in [1.54, 1.807) is 17.0 Å². The van der Waals surface area contributed by atoms with Crippen molar-refractivity contribution in [3.63, 3.8) is 0 Å². The summed E-state index contributed by atoms with van der Waals surface area (Å²) in [4.78, 5) is 37.8. The zero-order valence-corrected chi connectivity index (χ0v) is 15.4. The number of morpholine rings is 1. The number of carbonyl (C=O) groups excluding carboxylic acids is 2. The van der Waals surface area contributed by atoms with Crippen LogP contribution in [0.15, 0.2) is 37.2 Å². The fraction of sp³-hybridized carbons (Fsp3) is 0.278. The number of pyridine rings is 1. The molecule has 0 radical (unpaired) electrons. The molecule has 1 fully saturated rings. The zero-order chi connectivity index (χ0) is 19.4. The molecule has 27 heavy (non-hydrogen) atoms. The standard InChI is InChI=1S/C18H18ClN5O3/c1-3-17(25)24-4-5-27-15(9-24)11-6-13(23-16(19)7-11)12-8-14(18(26)20-2)22-10-21-12/h3,6-8,10,15H,1,4-5,9H2,2H3,(H,20,26)/t15-/m0/s1. The second-order valence-corrected chi connectivity index (χ2v) is 6.21. The van der Waals surface area contributed by atoms with Crippen molar-refractivity contribution in [3.8, 4) is 11.4 Å². The van der Waals surface area contributed by atoms with E-state index in [4.69, 9.17) is 16.3 Å². The Kier molecular flexibility index (Phi) is 5.78. The molecule has 0 spiro atoms. The summed E-state index contributed by atoms with van der Waals surface area (Å²) in [5.74, 6) is -0.468. The number of rotatable bonds is 4. The Morgan fingerprint density at radius 2 is 2.15 bits per heavy atom. The van der Waals surface area contributed by atoms with Crippen molar-refractivity contribution < 1.29 is 14.3 Å². The molecule has 8 nitrogen and oxygen atoms in total. The maximum atomic E-state index is 11.9. The van der Waals surface area contributed by atoms with Gasteiger partial charge in [0.2, 0.25) is 5.91 Å². The highest BCUT2D eigenvalue weighted by Crippen LogP contribution is 2.28. The van der Waals surface area contributed by atoms with E-state index in [-0.39, 0.29) is 28.8 Å². The number of nitrogens with one attached hydrogen (secondary N) is 1. The first kappa shape index (κ1) is 18.9. The van der Waals surface area contributed by atoms with Gasteiger partial charge in [-0.05, 0) is 29.8 Å². The smallest absolute Gasteiger partial charge is 0.269 e. The minimum atomic E-state index is -0.345.